The molecule has 0 amide bonds. The Balaban J connectivity index is 1.23. The maximum atomic E-state index is 6.99. The molecule has 0 unspecified atom stereocenters. The molecule has 0 atom stereocenters. The van der Waals surface area contributed by atoms with E-state index in [1.54, 1.807) is 0 Å². The number of hydrogen-bond acceptors (Lipinski definition) is 5. The van der Waals surface area contributed by atoms with Crippen molar-refractivity contribution in [3.63, 3.8) is 0 Å². The van der Waals surface area contributed by atoms with Crippen molar-refractivity contribution in [1.82, 2.24) is 0 Å². The Hall–Kier alpha value is -7.02. The maximum absolute atomic E-state index is 6.99. The molecule has 0 saturated heterocycles. The van der Waals surface area contributed by atoms with Gasteiger partial charge in [-0.3, -0.25) is 0 Å². The first kappa shape index (κ1) is 37.5. The van der Waals surface area contributed by atoms with Gasteiger partial charge in [0.05, 0.1) is 21.8 Å². The summed E-state index contributed by atoms with van der Waals surface area (Å²) in [4.78, 5) is 5.23. The quantitative estimate of drug-likeness (QED) is 0.166. The Labute approximate surface area is 377 Å². The number of fused-ring (bicyclic) bond motifs is 13. The van der Waals surface area contributed by atoms with E-state index in [1.807, 2.05) is 11.3 Å². The van der Waals surface area contributed by atoms with E-state index in [-0.39, 0.29) is 17.7 Å². The Morgan fingerprint density at radius 1 is 0.469 bits per heavy atom. The van der Waals surface area contributed by atoms with Crippen molar-refractivity contribution < 1.29 is 8.83 Å². The van der Waals surface area contributed by atoms with Crippen LogP contribution in [0.1, 0.15) is 52.7 Å². The van der Waals surface area contributed by atoms with Crippen LogP contribution in [0.15, 0.2) is 173 Å². The number of benzene rings is 8. The molecule has 2 aliphatic rings. The van der Waals surface area contributed by atoms with E-state index >= 15 is 0 Å². The molecular formula is C58H45BN2O2S. The summed E-state index contributed by atoms with van der Waals surface area (Å²) in [6.07, 6.45) is 0. The largest absolute Gasteiger partial charge is 0.456 e. The number of para-hydroxylation sites is 2. The molecule has 0 aliphatic carbocycles. The van der Waals surface area contributed by atoms with Crippen LogP contribution in [0, 0.1) is 0 Å². The maximum Gasteiger partial charge on any atom is 0.334 e. The molecule has 3 aromatic heterocycles. The molecule has 64 heavy (non-hydrogen) atoms. The zero-order valence-electron chi connectivity index (χ0n) is 36.8. The lowest BCUT2D eigenvalue weighted by Gasteiger charge is -2.45. The third-order valence-electron chi connectivity index (χ3n) is 13.8. The molecule has 4 nitrogen and oxygen atoms in total. The lowest BCUT2D eigenvalue weighted by Crippen LogP contribution is -2.61. The number of rotatable bonds is 3. The van der Waals surface area contributed by atoms with E-state index in [1.165, 1.54) is 59.5 Å². The van der Waals surface area contributed by atoms with E-state index < -0.39 is 0 Å². The highest BCUT2D eigenvalue weighted by Gasteiger charge is 2.49. The van der Waals surface area contributed by atoms with Crippen LogP contribution in [0.4, 0.5) is 27.8 Å². The van der Waals surface area contributed by atoms with Crippen molar-refractivity contribution in [2.45, 2.75) is 52.4 Å². The first-order valence-corrected chi connectivity index (χ1v) is 23.2. The van der Waals surface area contributed by atoms with E-state index in [4.69, 9.17) is 8.83 Å². The molecule has 0 saturated carbocycles. The summed E-state index contributed by atoms with van der Waals surface area (Å²) < 4.78 is 15.0. The summed E-state index contributed by atoms with van der Waals surface area (Å²) >= 11 is 1.89. The monoisotopic (exact) mass is 844 g/mol. The predicted octanol–water partition coefficient (Wildman–Crippen LogP) is 15.7. The first-order chi connectivity index (χ1) is 31.0. The molecule has 0 N–H and O–H groups in total. The van der Waals surface area contributed by atoms with Gasteiger partial charge in [0.15, 0.2) is 0 Å². The summed E-state index contributed by atoms with van der Waals surface area (Å²) in [5.41, 5.74) is 17.9. The second-order valence-corrected chi connectivity index (χ2v) is 20.7. The van der Waals surface area contributed by atoms with Gasteiger partial charge < -0.3 is 18.5 Å². The van der Waals surface area contributed by atoms with E-state index in [2.05, 4.69) is 215 Å². The second kappa shape index (κ2) is 13.3. The van der Waals surface area contributed by atoms with Gasteiger partial charge in [-0.1, -0.05) is 145 Å². The average molecular weight is 845 g/mol. The van der Waals surface area contributed by atoms with E-state index in [0.717, 1.165) is 66.5 Å². The average Bonchev–Trinajstić information content (AvgIpc) is 3.99. The minimum Gasteiger partial charge on any atom is -0.456 e. The topological polar surface area (TPSA) is 32.8 Å². The smallest absolute Gasteiger partial charge is 0.334 e. The van der Waals surface area contributed by atoms with Gasteiger partial charge in [-0.05, 0) is 104 Å². The fraction of sp³-hybridized carbons (Fsp3) is 0.138. The van der Waals surface area contributed by atoms with Crippen LogP contribution in [0.25, 0.3) is 76.2 Å². The van der Waals surface area contributed by atoms with Gasteiger partial charge in [0.2, 0.25) is 0 Å². The Bertz CT molecular complexity index is 3710. The molecular weight excluding hydrogens is 800 g/mol. The number of furan rings is 2. The minimum absolute atomic E-state index is 0.00750. The standard InChI is InChI=1S/C58H45BN2O2S/c1-57(2,3)35-24-27-37(28-25-35)61-46-33-49-43(38-18-10-13-21-47(38)62-49)31-42(46)44-32-50-52(39-19-11-14-22-48(39)63-50)55-53(44)59(61)54-40-20-12-15-23-51(40)64-56(54)60(55)45-29-26-36(58(4,5)6)30-41(45)34-16-8-7-9-17-34/h7-33H,1-6H3. The van der Waals surface area contributed by atoms with Crippen molar-refractivity contribution in [1.29, 1.82) is 0 Å². The number of thiophene rings is 1. The van der Waals surface area contributed by atoms with Crippen molar-refractivity contribution in [3.8, 4) is 22.3 Å². The van der Waals surface area contributed by atoms with Crippen molar-refractivity contribution >= 4 is 111 Å². The van der Waals surface area contributed by atoms with Crippen LogP contribution in [0.2, 0.25) is 0 Å². The zero-order valence-corrected chi connectivity index (χ0v) is 37.6. The van der Waals surface area contributed by atoms with Crippen LogP contribution in [-0.2, 0) is 10.8 Å². The number of nitrogens with zero attached hydrogens (tertiary/aromatic N) is 2. The fourth-order valence-electron chi connectivity index (χ4n) is 10.6. The SMILES string of the molecule is CC(C)(C)c1ccc(N2B3c4c(cc5oc6ccccc6c5c4N(c4ccc(C(C)(C)C)cc4-c4ccccc4)c4sc5ccccc5c43)-c3cc4c(cc32)oc2ccccc24)cc1. The lowest BCUT2D eigenvalue weighted by molar-refractivity contribution is 0.590. The van der Waals surface area contributed by atoms with Crippen LogP contribution in [0.5, 0.6) is 0 Å². The van der Waals surface area contributed by atoms with Gasteiger partial charge in [0.1, 0.15) is 22.3 Å². The number of hydrogen-bond donors (Lipinski definition) is 0. The molecule has 6 heteroatoms. The Kier molecular flexibility index (Phi) is 7.78. The predicted molar refractivity (Wildman–Crippen MR) is 273 cm³/mol. The second-order valence-electron chi connectivity index (χ2n) is 19.7. The third kappa shape index (κ3) is 5.36. The Morgan fingerprint density at radius 3 is 1.86 bits per heavy atom. The van der Waals surface area contributed by atoms with Crippen LogP contribution in [0.3, 0.4) is 0 Å². The van der Waals surface area contributed by atoms with Crippen molar-refractivity contribution in [2.75, 3.05) is 9.71 Å². The molecule has 13 rings (SSSR count). The van der Waals surface area contributed by atoms with Crippen LogP contribution >= 0.6 is 11.3 Å². The third-order valence-corrected chi connectivity index (χ3v) is 14.9. The molecule has 8 aromatic carbocycles. The molecule has 5 heterocycles. The first-order valence-electron chi connectivity index (χ1n) is 22.4. The van der Waals surface area contributed by atoms with Crippen molar-refractivity contribution in [3.05, 3.63) is 175 Å². The summed E-state index contributed by atoms with van der Waals surface area (Å²) in [7, 11) is 0. The summed E-state index contributed by atoms with van der Waals surface area (Å²) in [6.45, 7) is 13.6. The summed E-state index contributed by atoms with van der Waals surface area (Å²) in [5.74, 6) is 0. The van der Waals surface area contributed by atoms with Gasteiger partial charge >= 0.3 is 6.85 Å². The summed E-state index contributed by atoms with van der Waals surface area (Å²) in [5, 5.41) is 6.94. The zero-order chi connectivity index (χ0) is 43.2. The molecule has 0 radical (unpaired) electrons. The van der Waals surface area contributed by atoms with Crippen LogP contribution in [-0.4, -0.2) is 6.85 Å². The molecule has 0 fully saturated rings. The molecule has 0 spiro atoms. The van der Waals surface area contributed by atoms with E-state index in [9.17, 15) is 0 Å². The van der Waals surface area contributed by atoms with Crippen molar-refractivity contribution in [2.24, 2.45) is 0 Å². The van der Waals surface area contributed by atoms with Gasteiger partial charge in [0, 0.05) is 49.4 Å². The normalized spacial score (nSPS) is 13.7. The fourth-order valence-corrected chi connectivity index (χ4v) is 11.9. The van der Waals surface area contributed by atoms with Gasteiger partial charge in [-0.2, -0.15) is 0 Å². The highest BCUT2D eigenvalue weighted by molar-refractivity contribution is 7.26. The van der Waals surface area contributed by atoms with Gasteiger partial charge in [-0.25, -0.2) is 0 Å². The molecule has 2 aliphatic heterocycles. The highest BCUT2D eigenvalue weighted by atomic mass is 32.1. The summed E-state index contributed by atoms with van der Waals surface area (Å²) in [6, 6.07) is 60.4. The van der Waals surface area contributed by atoms with Crippen LogP contribution < -0.4 is 20.6 Å². The van der Waals surface area contributed by atoms with Gasteiger partial charge in [0.25, 0.3) is 0 Å². The van der Waals surface area contributed by atoms with E-state index in [0.29, 0.717) is 0 Å². The molecule has 11 aromatic rings. The Morgan fingerprint density at radius 2 is 1.11 bits per heavy atom. The molecule has 308 valence electrons. The lowest BCUT2D eigenvalue weighted by atomic mass is 9.43. The minimum atomic E-state index is -0.186. The highest BCUT2D eigenvalue weighted by Crippen LogP contribution is 2.55. The number of anilines is 5. The van der Waals surface area contributed by atoms with Gasteiger partial charge in [-0.15, -0.1) is 11.3 Å². The molecule has 0 bridgehead atoms.